The highest BCUT2D eigenvalue weighted by Crippen LogP contribution is 2.39. The zero-order valence-electron chi connectivity index (χ0n) is 24.6. The number of anilines is 3. The van der Waals surface area contributed by atoms with Crippen LogP contribution in [-0.4, -0.2) is 73.5 Å². The van der Waals surface area contributed by atoms with E-state index >= 15 is 0 Å². The fraction of sp³-hybridized carbons (Fsp3) is 0.567. The van der Waals surface area contributed by atoms with E-state index in [1.807, 2.05) is 12.1 Å². The summed E-state index contributed by atoms with van der Waals surface area (Å²) in [5.41, 5.74) is 4.64. The first kappa shape index (κ1) is 30.0. The highest BCUT2D eigenvalue weighted by atomic mass is 32.2. The molecule has 4 atom stereocenters. The Bertz CT molecular complexity index is 1360. The summed E-state index contributed by atoms with van der Waals surface area (Å²) in [5.74, 6) is 2.76. The van der Waals surface area contributed by atoms with E-state index in [1.165, 1.54) is 11.8 Å². The summed E-state index contributed by atoms with van der Waals surface area (Å²) in [7, 11) is -2.96. The number of hydrogen-bond donors (Lipinski definition) is 2. The molecule has 0 amide bonds. The van der Waals surface area contributed by atoms with Gasteiger partial charge in [0.2, 0.25) is 5.95 Å². The van der Waals surface area contributed by atoms with E-state index in [0.29, 0.717) is 55.2 Å². The molecule has 4 rings (SSSR count). The number of nitrogens with zero attached hydrogens (tertiary/aromatic N) is 5. The number of benzene rings is 1. The lowest BCUT2D eigenvalue weighted by atomic mass is 9.85. The molecule has 0 unspecified atom stereocenters. The Kier molecular flexibility index (Phi) is 9.19. The minimum Gasteiger partial charge on any atom is -0.393 e. The van der Waals surface area contributed by atoms with Gasteiger partial charge in [-0.2, -0.15) is 4.98 Å². The van der Waals surface area contributed by atoms with Crippen molar-refractivity contribution in [2.75, 3.05) is 40.2 Å². The van der Waals surface area contributed by atoms with E-state index in [4.69, 9.17) is 4.98 Å². The van der Waals surface area contributed by atoms with Gasteiger partial charge in [-0.05, 0) is 93.5 Å². The number of hydrogen-bond acceptors (Lipinski definition) is 9. The molecule has 3 heterocycles. The molecule has 2 aromatic rings. The molecule has 2 saturated heterocycles. The van der Waals surface area contributed by atoms with Crippen molar-refractivity contribution in [3.63, 3.8) is 0 Å². The van der Waals surface area contributed by atoms with E-state index in [-0.39, 0.29) is 23.9 Å². The van der Waals surface area contributed by atoms with Crippen LogP contribution in [0.2, 0.25) is 0 Å². The van der Waals surface area contributed by atoms with Crippen molar-refractivity contribution in [1.29, 1.82) is 0 Å². The van der Waals surface area contributed by atoms with Crippen molar-refractivity contribution in [3.05, 3.63) is 46.9 Å². The van der Waals surface area contributed by atoms with Crippen molar-refractivity contribution in [1.82, 2.24) is 9.97 Å². The summed E-state index contributed by atoms with van der Waals surface area (Å²) in [5, 5.41) is 13.3. The van der Waals surface area contributed by atoms with Crippen LogP contribution in [0.5, 0.6) is 0 Å². The van der Waals surface area contributed by atoms with Crippen molar-refractivity contribution < 1.29 is 13.5 Å². The first-order valence-corrected chi connectivity index (χ1v) is 16.2. The van der Waals surface area contributed by atoms with Crippen molar-refractivity contribution in [2.24, 2.45) is 10.9 Å². The van der Waals surface area contributed by atoms with E-state index in [0.717, 1.165) is 23.4 Å². The Hall–Kier alpha value is -2.98. The van der Waals surface area contributed by atoms with Crippen LogP contribution in [0.1, 0.15) is 69.6 Å². The number of aliphatic imine (C=N–C) groups is 1. The van der Waals surface area contributed by atoms with Gasteiger partial charge in [0, 0.05) is 43.3 Å². The highest BCUT2D eigenvalue weighted by Gasteiger charge is 2.36. The molecule has 0 aliphatic carbocycles. The van der Waals surface area contributed by atoms with Gasteiger partial charge in [0.1, 0.15) is 21.5 Å². The van der Waals surface area contributed by atoms with E-state index in [9.17, 15) is 13.5 Å². The molecule has 2 N–H and O–H groups in total. The SMILES string of the molecule is C=N/C(=C\c1c(C(C)C)ccc(N2C[C@H](CCS(C)(=O)=O)[C@H]2C)c1C)Nc1ccnc(N2CC[C@H](O)C[C@@H]2C)n1. The molecule has 2 aliphatic rings. The van der Waals surface area contributed by atoms with Crippen LogP contribution in [0.3, 0.4) is 0 Å². The highest BCUT2D eigenvalue weighted by molar-refractivity contribution is 7.90. The number of nitrogens with one attached hydrogen (secondary N) is 1. The Morgan fingerprint density at radius 3 is 2.65 bits per heavy atom. The summed E-state index contributed by atoms with van der Waals surface area (Å²) in [6, 6.07) is 6.62. The monoisotopic (exact) mass is 568 g/mol. The third kappa shape index (κ3) is 6.83. The van der Waals surface area contributed by atoms with Crippen LogP contribution in [0.4, 0.5) is 17.5 Å². The maximum Gasteiger partial charge on any atom is 0.227 e. The van der Waals surface area contributed by atoms with Crippen LogP contribution < -0.4 is 15.1 Å². The molecule has 9 nitrogen and oxygen atoms in total. The van der Waals surface area contributed by atoms with Gasteiger partial charge in [0.25, 0.3) is 0 Å². The fourth-order valence-electron chi connectivity index (χ4n) is 5.84. The van der Waals surface area contributed by atoms with Gasteiger partial charge in [-0.15, -0.1) is 0 Å². The maximum absolute atomic E-state index is 11.7. The Morgan fingerprint density at radius 1 is 1.27 bits per heavy atom. The molecule has 0 saturated carbocycles. The van der Waals surface area contributed by atoms with E-state index in [2.05, 4.69) is 78.6 Å². The van der Waals surface area contributed by atoms with Crippen LogP contribution >= 0.6 is 0 Å². The normalized spacial score (nSPS) is 23.8. The van der Waals surface area contributed by atoms with Gasteiger partial charge >= 0.3 is 0 Å². The van der Waals surface area contributed by atoms with Crippen LogP contribution in [0.15, 0.2) is 35.2 Å². The lowest BCUT2D eigenvalue weighted by molar-refractivity contribution is 0.131. The summed E-state index contributed by atoms with van der Waals surface area (Å²) in [6.45, 7) is 16.1. The van der Waals surface area contributed by atoms with Crippen molar-refractivity contribution in [3.8, 4) is 0 Å². The minimum atomic E-state index is -2.96. The van der Waals surface area contributed by atoms with Crippen molar-refractivity contribution in [2.45, 2.75) is 78.0 Å². The fourth-order valence-corrected chi connectivity index (χ4v) is 6.57. The minimum absolute atomic E-state index is 0.153. The first-order chi connectivity index (χ1) is 18.9. The molecule has 40 heavy (non-hydrogen) atoms. The summed E-state index contributed by atoms with van der Waals surface area (Å²) in [6.07, 6.45) is 6.89. The predicted molar refractivity (Wildman–Crippen MR) is 165 cm³/mol. The summed E-state index contributed by atoms with van der Waals surface area (Å²) in [4.78, 5) is 18.0. The number of aliphatic hydroxyl groups excluding tert-OH is 1. The number of aliphatic hydroxyl groups is 1. The standard InChI is InChI=1S/C30H44N6O3S/c1-19(2)25-8-9-27(36-18-23(22(36)5)12-15-40(7,38)39)21(4)26(25)17-29(31-6)33-28-10-13-32-30(34-28)35-14-11-24(37)16-20(35)3/h8-10,13,17,19-20,22-24,37H,6,11-12,14-16,18H2,1-5,7H3,(H,32,33,34)/b29-17+/t20-,22+,23-,24-/m0/s1. The summed E-state index contributed by atoms with van der Waals surface area (Å²) < 4.78 is 23.3. The van der Waals surface area contributed by atoms with Gasteiger partial charge in [-0.25, -0.2) is 18.4 Å². The van der Waals surface area contributed by atoms with E-state index in [1.54, 1.807) is 6.20 Å². The largest absolute Gasteiger partial charge is 0.393 e. The molecule has 1 aromatic carbocycles. The second-order valence-corrected chi connectivity index (χ2v) is 14.0. The molecule has 10 heteroatoms. The Morgan fingerprint density at radius 2 is 2.02 bits per heavy atom. The second-order valence-electron chi connectivity index (χ2n) is 11.7. The van der Waals surface area contributed by atoms with Crippen LogP contribution in [0.25, 0.3) is 6.08 Å². The first-order valence-electron chi connectivity index (χ1n) is 14.2. The average molecular weight is 569 g/mol. The maximum atomic E-state index is 11.7. The number of piperidine rings is 1. The quantitative estimate of drug-likeness (QED) is 0.399. The lowest BCUT2D eigenvalue weighted by Crippen LogP contribution is -2.55. The van der Waals surface area contributed by atoms with Gasteiger partial charge in [-0.1, -0.05) is 19.9 Å². The zero-order chi connectivity index (χ0) is 29.2. The van der Waals surface area contributed by atoms with Crippen LogP contribution in [0, 0.1) is 12.8 Å². The zero-order valence-corrected chi connectivity index (χ0v) is 25.4. The van der Waals surface area contributed by atoms with Crippen molar-refractivity contribution >= 4 is 40.1 Å². The third-order valence-corrected chi connectivity index (χ3v) is 9.35. The molecule has 0 spiro atoms. The molecule has 2 aliphatic heterocycles. The van der Waals surface area contributed by atoms with Crippen LogP contribution in [-0.2, 0) is 9.84 Å². The molecule has 0 bridgehead atoms. The topological polar surface area (TPSA) is 111 Å². The Labute approximate surface area is 239 Å². The molecule has 218 valence electrons. The number of rotatable bonds is 10. The Balaban J connectivity index is 1.58. The summed E-state index contributed by atoms with van der Waals surface area (Å²) >= 11 is 0. The third-order valence-electron chi connectivity index (χ3n) is 8.37. The lowest BCUT2D eigenvalue weighted by Gasteiger charge is -2.49. The number of aromatic nitrogens is 2. The van der Waals surface area contributed by atoms with Gasteiger partial charge in [0.05, 0.1) is 11.9 Å². The molecule has 0 radical (unpaired) electrons. The molecule has 1 aromatic heterocycles. The van der Waals surface area contributed by atoms with Gasteiger partial charge in [-0.3, -0.25) is 0 Å². The molecular weight excluding hydrogens is 524 g/mol. The second kappa shape index (κ2) is 12.3. The van der Waals surface area contributed by atoms with Gasteiger partial charge in [0.15, 0.2) is 0 Å². The number of sulfone groups is 1. The smallest absolute Gasteiger partial charge is 0.227 e. The predicted octanol–water partition coefficient (Wildman–Crippen LogP) is 4.63. The average Bonchev–Trinajstić information content (AvgIpc) is 2.88. The molecular formula is C30H44N6O3S. The molecule has 2 fully saturated rings. The van der Waals surface area contributed by atoms with Gasteiger partial charge < -0.3 is 20.2 Å². The van der Waals surface area contributed by atoms with E-state index < -0.39 is 9.84 Å².